The molecule has 0 N–H and O–H groups in total. The van der Waals surface area contributed by atoms with E-state index < -0.39 is 0 Å². The summed E-state index contributed by atoms with van der Waals surface area (Å²) in [4.78, 5) is 28.1. The average molecular weight is 438 g/mol. The van der Waals surface area contributed by atoms with Gasteiger partial charge in [-0.2, -0.15) is 4.98 Å². The zero-order valence-corrected chi connectivity index (χ0v) is 17.8. The van der Waals surface area contributed by atoms with Gasteiger partial charge in [-0.1, -0.05) is 22.8 Å². The summed E-state index contributed by atoms with van der Waals surface area (Å²) in [5.41, 5.74) is 1.85. The number of halogens is 1. The summed E-state index contributed by atoms with van der Waals surface area (Å²) in [5.74, 6) is 2.40. The molecule has 1 saturated carbocycles. The van der Waals surface area contributed by atoms with E-state index in [9.17, 15) is 4.79 Å². The van der Waals surface area contributed by atoms with Crippen molar-refractivity contribution in [3.8, 4) is 0 Å². The third-order valence-electron chi connectivity index (χ3n) is 6.61. The maximum atomic E-state index is 12.7. The number of piperidine rings is 1. The fourth-order valence-corrected chi connectivity index (χ4v) is 5.24. The van der Waals surface area contributed by atoms with Gasteiger partial charge in [0.05, 0.1) is 6.33 Å². The molecular weight excluding hydrogens is 418 g/mol. The van der Waals surface area contributed by atoms with Crippen LogP contribution in [-0.2, 0) is 13.6 Å². The van der Waals surface area contributed by atoms with E-state index in [4.69, 9.17) is 16.1 Å². The van der Waals surface area contributed by atoms with E-state index in [1.807, 2.05) is 18.2 Å². The minimum Gasteiger partial charge on any atom is -0.368 e. The van der Waals surface area contributed by atoms with Gasteiger partial charge in [0, 0.05) is 36.3 Å². The minimum absolute atomic E-state index is 0.182. The molecule has 31 heavy (non-hydrogen) atoms. The Bertz CT molecular complexity index is 1360. The highest BCUT2D eigenvalue weighted by atomic mass is 35.5. The van der Waals surface area contributed by atoms with Crippen molar-refractivity contribution in [3.63, 3.8) is 0 Å². The van der Waals surface area contributed by atoms with Crippen LogP contribution in [0.2, 0.25) is 5.02 Å². The summed E-state index contributed by atoms with van der Waals surface area (Å²) < 4.78 is 8.61. The molecule has 158 valence electrons. The number of imidazole rings is 1. The van der Waals surface area contributed by atoms with Gasteiger partial charge >= 0.3 is 0 Å². The summed E-state index contributed by atoms with van der Waals surface area (Å²) in [6, 6.07) is 8.35. The van der Waals surface area contributed by atoms with Crippen molar-refractivity contribution in [2.24, 2.45) is 18.9 Å². The van der Waals surface area contributed by atoms with Crippen LogP contribution in [0, 0.1) is 11.8 Å². The number of benzene rings is 1. The van der Waals surface area contributed by atoms with Gasteiger partial charge in [0.1, 0.15) is 12.9 Å². The maximum absolute atomic E-state index is 12.7. The molecule has 2 aliphatic rings. The van der Waals surface area contributed by atoms with Crippen LogP contribution >= 0.6 is 11.6 Å². The number of hydrogen-bond acceptors (Lipinski definition) is 7. The van der Waals surface area contributed by atoms with Crippen molar-refractivity contribution in [3.05, 3.63) is 64.0 Å². The summed E-state index contributed by atoms with van der Waals surface area (Å²) in [6.45, 7) is 3.37. The summed E-state index contributed by atoms with van der Waals surface area (Å²) in [5, 5.41) is 4.97. The van der Waals surface area contributed by atoms with Crippen molar-refractivity contribution in [1.29, 1.82) is 0 Å². The fraction of sp³-hybridized carbons (Fsp3) is 0.381. The molecule has 0 bridgehead atoms. The fourth-order valence-electron chi connectivity index (χ4n) is 5.05. The van der Waals surface area contributed by atoms with E-state index in [1.54, 1.807) is 17.9 Å². The van der Waals surface area contributed by atoms with Crippen molar-refractivity contribution in [2.45, 2.75) is 25.4 Å². The Morgan fingerprint density at radius 3 is 2.87 bits per heavy atom. The first-order valence-electron chi connectivity index (χ1n) is 10.2. The number of aromatic nitrogens is 6. The molecule has 2 fully saturated rings. The van der Waals surface area contributed by atoms with Crippen LogP contribution in [0.1, 0.15) is 24.6 Å². The largest absolute Gasteiger partial charge is 0.368 e. The zero-order chi connectivity index (χ0) is 21.3. The smallest absolute Gasteiger partial charge is 0.280 e. The van der Waals surface area contributed by atoms with Crippen LogP contribution in [0.5, 0.6) is 0 Å². The first-order chi connectivity index (χ1) is 15.0. The normalized spacial score (nSPS) is 24.7. The van der Waals surface area contributed by atoms with E-state index in [-0.39, 0.29) is 18.0 Å². The lowest BCUT2D eigenvalue weighted by Crippen LogP contribution is -2.32. The minimum atomic E-state index is -0.182. The number of rotatable bonds is 4. The van der Waals surface area contributed by atoms with Gasteiger partial charge in [-0.05, 0) is 37.0 Å². The topological polar surface area (TPSA) is 94.9 Å². The van der Waals surface area contributed by atoms with Crippen LogP contribution in [0.3, 0.4) is 0 Å². The first kappa shape index (κ1) is 18.6. The zero-order valence-electron chi connectivity index (χ0n) is 17.0. The van der Waals surface area contributed by atoms with Crippen molar-refractivity contribution in [2.75, 3.05) is 11.4 Å². The molecule has 3 aromatic heterocycles. The highest BCUT2D eigenvalue weighted by Crippen LogP contribution is 2.61. The Labute approximate surface area is 182 Å². The Hall–Kier alpha value is -3.20. The van der Waals surface area contributed by atoms with Gasteiger partial charge in [-0.25, -0.2) is 9.97 Å². The van der Waals surface area contributed by atoms with Gasteiger partial charge in [-0.3, -0.25) is 9.36 Å². The number of fused-ring (bicyclic) bond motifs is 2. The molecule has 1 aliphatic carbocycles. The lowest BCUT2D eigenvalue weighted by Gasteiger charge is -2.28. The van der Waals surface area contributed by atoms with Gasteiger partial charge in [0.15, 0.2) is 17.0 Å². The SMILES string of the molecule is CC1[C@@H]2[C@H](CN1c1cccc(Cl)c1)[C@H]2c1noc(Cn2cnc3ncn(C)c3c2=O)n1. The second kappa shape index (κ2) is 6.65. The molecule has 1 unspecified atom stereocenters. The molecule has 1 aliphatic heterocycles. The van der Waals surface area contributed by atoms with Crippen LogP contribution in [0.4, 0.5) is 5.69 Å². The molecule has 1 saturated heterocycles. The predicted octanol–water partition coefficient (Wildman–Crippen LogP) is 2.45. The monoisotopic (exact) mass is 437 g/mol. The van der Waals surface area contributed by atoms with Crippen molar-refractivity contribution >= 4 is 28.5 Å². The summed E-state index contributed by atoms with van der Waals surface area (Å²) in [6.07, 6.45) is 3.05. The molecule has 9 nitrogen and oxygen atoms in total. The summed E-state index contributed by atoms with van der Waals surface area (Å²) in [7, 11) is 1.77. The summed E-state index contributed by atoms with van der Waals surface area (Å²) >= 11 is 6.17. The number of nitrogens with zero attached hydrogens (tertiary/aromatic N) is 7. The standard InChI is InChI=1S/C21H20ClN7O2/c1-11-16-14(7-29(11)13-5-3-4-12(22)6-13)17(16)19-25-15(31-26-19)8-28-10-24-20-18(21(28)30)27(2)9-23-20/h3-6,9-11,14,16-17H,7-8H2,1-2H3/t11?,14-,16+,17+/m0/s1. The van der Waals surface area contributed by atoms with Crippen LogP contribution in [-0.4, -0.2) is 41.8 Å². The van der Waals surface area contributed by atoms with Gasteiger partial charge in [0.25, 0.3) is 5.56 Å². The van der Waals surface area contributed by atoms with Gasteiger partial charge in [-0.15, -0.1) is 0 Å². The highest BCUT2D eigenvalue weighted by Gasteiger charge is 2.62. The Balaban J connectivity index is 1.19. The Kier molecular flexibility index (Phi) is 3.98. The number of aryl methyl sites for hydroxylation is 1. The average Bonchev–Trinajstić information content (AvgIpc) is 3.04. The van der Waals surface area contributed by atoms with Crippen LogP contribution in [0.15, 0.2) is 46.2 Å². The molecule has 4 aromatic rings. The third-order valence-corrected chi connectivity index (χ3v) is 6.85. The number of anilines is 1. The molecule has 10 heteroatoms. The van der Waals surface area contributed by atoms with Crippen LogP contribution in [0.25, 0.3) is 11.2 Å². The molecule has 6 rings (SSSR count). The molecule has 0 amide bonds. The molecule has 4 atom stereocenters. The van der Waals surface area contributed by atoms with Crippen molar-refractivity contribution < 1.29 is 4.52 Å². The lowest BCUT2D eigenvalue weighted by molar-refractivity contribution is 0.363. The second-order valence-corrected chi connectivity index (χ2v) is 8.83. The molecule has 0 spiro atoms. The van der Waals surface area contributed by atoms with E-state index in [0.717, 1.165) is 23.1 Å². The molecule has 1 aromatic carbocycles. The van der Waals surface area contributed by atoms with Gasteiger partial charge in [0.2, 0.25) is 5.89 Å². The third kappa shape index (κ3) is 2.87. The molecular formula is C21H20ClN7O2. The predicted molar refractivity (Wildman–Crippen MR) is 114 cm³/mol. The maximum Gasteiger partial charge on any atom is 0.280 e. The highest BCUT2D eigenvalue weighted by molar-refractivity contribution is 6.30. The first-order valence-corrected chi connectivity index (χ1v) is 10.6. The van der Waals surface area contributed by atoms with Crippen LogP contribution < -0.4 is 10.5 Å². The van der Waals surface area contributed by atoms with E-state index in [2.05, 4.69) is 38.0 Å². The van der Waals surface area contributed by atoms with E-state index in [1.165, 1.54) is 10.9 Å². The lowest BCUT2D eigenvalue weighted by atomic mass is 10.1. The van der Waals surface area contributed by atoms with Crippen molar-refractivity contribution in [1.82, 2.24) is 29.2 Å². The van der Waals surface area contributed by atoms with E-state index >= 15 is 0 Å². The second-order valence-electron chi connectivity index (χ2n) is 8.39. The number of hydrogen-bond donors (Lipinski definition) is 0. The molecule has 0 radical (unpaired) electrons. The van der Waals surface area contributed by atoms with Gasteiger partial charge < -0.3 is 14.0 Å². The quantitative estimate of drug-likeness (QED) is 0.484. The Morgan fingerprint density at radius 1 is 1.26 bits per heavy atom. The van der Waals surface area contributed by atoms with E-state index in [0.29, 0.717) is 34.9 Å². The Morgan fingerprint density at radius 2 is 2.10 bits per heavy atom. The molecule has 4 heterocycles.